The number of carbonyl (C=O) groups is 2. The van der Waals surface area contributed by atoms with Gasteiger partial charge in [0.15, 0.2) is 6.61 Å². The molecule has 5 nitrogen and oxygen atoms in total. The first kappa shape index (κ1) is 22.4. The van der Waals surface area contributed by atoms with Crippen molar-refractivity contribution < 1.29 is 31.9 Å². The minimum Gasteiger partial charge on any atom is -0.461 e. The minimum absolute atomic E-state index is 0.0606. The first-order valence-electron chi connectivity index (χ1n) is 9.19. The van der Waals surface area contributed by atoms with E-state index in [2.05, 4.69) is 0 Å². The molecule has 9 heteroatoms. The van der Waals surface area contributed by atoms with Gasteiger partial charge in [0.25, 0.3) is 5.91 Å². The molecule has 0 unspecified atom stereocenters. The van der Waals surface area contributed by atoms with Crippen LogP contribution in [-0.2, 0) is 26.9 Å². The van der Waals surface area contributed by atoms with Crippen LogP contribution < -0.4 is 5.32 Å². The second kappa shape index (κ2) is 9.70. The van der Waals surface area contributed by atoms with E-state index in [-0.39, 0.29) is 17.9 Å². The highest BCUT2D eigenvalue weighted by molar-refractivity contribution is 6.34. The van der Waals surface area contributed by atoms with Gasteiger partial charge in [0.05, 0.1) is 22.7 Å². The number of alkyl halides is 3. The zero-order chi connectivity index (χ0) is 22.4. The smallest absolute Gasteiger partial charge is 0.418 e. The number of aryl methyl sites for hydroxylation is 1. The standard InChI is InChI=1S/C22H17ClF3NO4/c23-17-8-4-7-16(22(24,25)26)21(17)27-19(28)13-30-20(29)12-10-15-9-11-18(31-15)14-5-2-1-3-6-14/h1-9,11H,10,12-13H2,(H,27,28). The average Bonchev–Trinajstić information content (AvgIpc) is 3.21. The van der Waals surface area contributed by atoms with Crippen molar-refractivity contribution in [2.75, 3.05) is 11.9 Å². The Bertz CT molecular complexity index is 1060. The van der Waals surface area contributed by atoms with Gasteiger partial charge in [-0.15, -0.1) is 0 Å². The topological polar surface area (TPSA) is 68.5 Å². The summed E-state index contributed by atoms with van der Waals surface area (Å²) >= 11 is 5.77. The van der Waals surface area contributed by atoms with Crippen LogP contribution in [0.2, 0.25) is 5.02 Å². The van der Waals surface area contributed by atoms with E-state index in [1.54, 1.807) is 12.1 Å². The maximum atomic E-state index is 13.1. The number of rotatable bonds is 7. The predicted molar refractivity (Wildman–Crippen MR) is 109 cm³/mol. The molecule has 162 valence electrons. The Balaban J connectivity index is 1.50. The number of amides is 1. The molecule has 0 bridgehead atoms. The van der Waals surface area contributed by atoms with Crippen molar-refractivity contribution in [2.45, 2.75) is 19.0 Å². The minimum atomic E-state index is -4.70. The molecule has 0 aliphatic heterocycles. The van der Waals surface area contributed by atoms with Crippen LogP contribution in [0.1, 0.15) is 17.7 Å². The third-order valence-electron chi connectivity index (χ3n) is 4.24. The van der Waals surface area contributed by atoms with Crippen molar-refractivity contribution >= 4 is 29.2 Å². The Hall–Kier alpha value is -3.26. The third-order valence-corrected chi connectivity index (χ3v) is 4.56. The third kappa shape index (κ3) is 6.11. The predicted octanol–water partition coefficient (Wildman–Crippen LogP) is 5.73. The van der Waals surface area contributed by atoms with Gasteiger partial charge in [-0.1, -0.05) is 48.0 Å². The zero-order valence-corrected chi connectivity index (χ0v) is 16.8. The Kier molecular flexibility index (Phi) is 7.02. The summed E-state index contributed by atoms with van der Waals surface area (Å²) in [6.45, 7) is -0.741. The van der Waals surface area contributed by atoms with E-state index < -0.39 is 35.9 Å². The van der Waals surface area contributed by atoms with E-state index >= 15 is 0 Å². The number of para-hydroxylation sites is 1. The van der Waals surface area contributed by atoms with Gasteiger partial charge < -0.3 is 14.5 Å². The van der Waals surface area contributed by atoms with Crippen molar-refractivity contribution in [3.05, 3.63) is 77.0 Å². The first-order chi connectivity index (χ1) is 14.7. The summed E-state index contributed by atoms with van der Waals surface area (Å²) in [5.41, 5.74) is -0.778. The molecule has 1 heterocycles. The fraction of sp³-hybridized carbons (Fsp3) is 0.182. The molecule has 0 aliphatic rings. The highest BCUT2D eigenvalue weighted by Crippen LogP contribution is 2.38. The monoisotopic (exact) mass is 451 g/mol. The van der Waals surface area contributed by atoms with Crippen LogP contribution >= 0.6 is 11.6 Å². The number of halogens is 4. The van der Waals surface area contributed by atoms with Crippen molar-refractivity contribution in [1.29, 1.82) is 0 Å². The molecular formula is C22H17ClF3NO4. The molecule has 0 spiro atoms. The SMILES string of the molecule is O=C(COC(=O)CCc1ccc(-c2ccccc2)o1)Nc1c(Cl)cccc1C(F)(F)F. The van der Waals surface area contributed by atoms with E-state index in [1.165, 1.54) is 6.07 Å². The number of furan rings is 1. The molecule has 0 saturated carbocycles. The number of benzene rings is 2. The molecule has 0 fully saturated rings. The summed E-state index contributed by atoms with van der Waals surface area (Å²) in [5, 5.41) is 1.77. The Morgan fingerprint density at radius 2 is 1.74 bits per heavy atom. The van der Waals surface area contributed by atoms with E-state index in [0.29, 0.717) is 11.5 Å². The lowest BCUT2D eigenvalue weighted by Gasteiger charge is -2.15. The Labute approximate surface area is 180 Å². The lowest BCUT2D eigenvalue weighted by Crippen LogP contribution is -2.23. The van der Waals surface area contributed by atoms with Crippen LogP contribution in [0.5, 0.6) is 0 Å². The summed E-state index contributed by atoms with van der Waals surface area (Å²) in [4.78, 5) is 23.8. The number of carbonyl (C=O) groups excluding carboxylic acids is 2. The van der Waals surface area contributed by atoms with Gasteiger partial charge in [0.1, 0.15) is 11.5 Å². The number of hydrogen-bond acceptors (Lipinski definition) is 4. The summed E-state index contributed by atoms with van der Waals surface area (Å²) in [6, 6.07) is 16.1. The average molecular weight is 452 g/mol. The number of ether oxygens (including phenoxy) is 1. The maximum Gasteiger partial charge on any atom is 0.418 e. The van der Waals surface area contributed by atoms with E-state index in [4.69, 9.17) is 20.8 Å². The van der Waals surface area contributed by atoms with E-state index in [1.807, 2.05) is 35.6 Å². The van der Waals surface area contributed by atoms with Crippen molar-refractivity contribution in [3.8, 4) is 11.3 Å². The lowest BCUT2D eigenvalue weighted by atomic mass is 10.1. The van der Waals surface area contributed by atoms with Crippen LogP contribution in [0, 0.1) is 0 Å². The summed E-state index contributed by atoms with van der Waals surface area (Å²) in [6.07, 6.45) is -4.52. The summed E-state index contributed by atoms with van der Waals surface area (Å²) in [5.74, 6) is -0.408. The number of nitrogens with one attached hydrogen (secondary N) is 1. The van der Waals surface area contributed by atoms with Crippen LogP contribution in [-0.4, -0.2) is 18.5 Å². The highest BCUT2D eigenvalue weighted by atomic mass is 35.5. The van der Waals surface area contributed by atoms with Crippen molar-refractivity contribution in [3.63, 3.8) is 0 Å². The number of esters is 1. The second-order valence-electron chi connectivity index (χ2n) is 6.50. The Morgan fingerprint density at radius 3 is 2.45 bits per heavy atom. The molecule has 3 rings (SSSR count). The first-order valence-corrected chi connectivity index (χ1v) is 9.57. The van der Waals surface area contributed by atoms with Crippen LogP contribution in [0.25, 0.3) is 11.3 Å². The van der Waals surface area contributed by atoms with Crippen LogP contribution in [0.4, 0.5) is 18.9 Å². The normalized spacial score (nSPS) is 11.2. The summed E-state index contributed by atoms with van der Waals surface area (Å²) in [7, 11) is 0. The Morgan fingerprint density at radius 1 is 1.00 bits per heavy atom. The molecule has 1 aromatic heterocycles. The van der Waals surface area contributed by atoms with Gasteiger partial charge in [0.2, 0.25) is 0 Å². The molecule has 0 atom stereocenters. The van der Waals surface area contributed by atoms with Gasteiger partial charge in [0, 0.05) is 12.0 Å². The zero-order valence-electron chi connectivity index (χ0n) is 16.0. The molecule has 0 saturated heterocycles. The van der Waals surface area contributed by atoms with Crippen molar-refractivity contribution in [2.24, 2.45) is 0 Å². The van der Waals surface area contributed by atoms with E-state index in [9.17, 15) is 22.8 Å². The van der Waals surface area contributed by atoms with E-state index in [0.717, 1.165) is 17.7 Å². The highest BCUT2D eigenvalue weighted by Gasteiger charge is 2.34. The van der Waals surface area contributed by atoms with Crippen LogP contribution in [0.15, 0.2) is 65.1 Å². The number of hydrogen-bond donors (Lipinski definition) is 1. The molecule has 1 N–H and O–H groups in total. The molecule has 2 aromatic carbocycles. The quantitative estimate of drug-likeness (QED) is 0.465. The largest absolute Gasteiger partial charge is 0.461 e. The molecule has 0 radical (unpaired) electrons. The van der Waals surface area contributed by atoms with Gasteiger partial charge in [-0.2, -0.15) is 13.2 Å². The molecular weight excluding hydrogens is 435 g/mol. The van der Waals surface area contributed by atoms with Crippen LogP contribution in [0.3, 0.4) is 0 Å². The molecule has 1 amide bonds. The number of anilines is 1. The van der Waals surface area contributed by atoms with Gasteiger partial charge >= 0.3 is 12.1 Å². The fourth-order valence-corrected chi connectivity index (χ4v) is 3.00. The maximum absolute atomic E-state index is 13.1. The summed E-state index contributed by atoms with van der Waals surface area (Å²) < 4.78 is 49.7. The van der Waals surface area contributed by atoms with Gasteiger partial charge in [-0.25, -0.2) is 0 Å². The second-order valence-corrected chi connectivity index (χ2v) is 6.91. The molecule has 3 aromatic rings. The van der Waals surface area contributed by atoms with Gasteiger partial charge in [-0.3, -0.25) is 9.59 Å². The lowest BCUT2D eigenvalue weighted by molar-refractivity contribution is -0.147. The fourth-order valence-electron chi connectivity index (χ4n) is 2.78. The molecule has 31 heavy (non-hydrogen) atoms. The van der Waals surface area contributed by atoms with Gasteiger partial charge in [-0.05, 0) is 24.3 Å². The molecule has 0 aliphatic carbocycles. The van der Waals surface area contributed by atoms with Crippen molar-refractivity contribution in [1.82, 2.24) is 0 Å².